The van der Waals surface area contributed by atoms with E-state index < -0.39 is 11.0 Å². The molecule has 7 nitrogen and oxygen atoms in total. The largest absolute Gasteiger partial charge is 0.491 e. The van der Waals surface area contributed by atoms with Crippen molar-refractivity contribution < 1.29 is 18.5 Å². The van der Waals surface area contributed by atoms with Crippen molar-refractivity contribution in [3.63, 3.8) is 0 Å². The molecule has 7 atom stereocenters. The predicted molar refractivity (Wildman–Crippen MR) is 194 cm³/mol. The second-order valence-corrected chi connectivity index (χ2v) is 16.5. The van der Waals surface area contributed by atoms with Gasteiger partial charge in [0.2, 0.25) is 0 Å². The van der Waals surface area contributed by atoms with Crippen molar-refractivity contribution in [1.82, 2.24) is 9.62 Å². The van der Waals surface area contributed by atoms with E-state index in [-0.39, 0.29) is 23.0 Å². The Bertz CT molecular complexity index is 1370. The van der Waals surface area contributed by atoms with Gasteiger partial charge in [-0.3, -0.25) is 9.52 Å². The molecule has 1 aliphatic carbocycles. The highest BCUT2D eigenvalue weighted by atomic mass is 35.5. The number of hydrogen-bond acceptors (Lipinski definition) is 6. The maximum Gasteiger partial charge on any atom is 0.263 e. The molecule has 1 N–H and O–H groups in total. The number of amides is 1. The molecule has 1 saturated carbocycles. The summed E-state index contributed by atoms with van der Waals surface area (Å²) in [4.78, 5) is 18.1. The Morgan fingerprint density at radius 1 is 1.09 bits per heavy atom. The lowest BCUT2D eigenvalue weighted by Crippen LogP contribution is -2.44. The normalized spacial score (nSPS) is 28.5. The van der Waals surface area contributed by atoms with Gasteiger partial charge in [0, 0.05) is 42.7 Å². The summed E-state index contributed by atoms with van der Waals surface area (Å²) in [5.74, 6) is 2.54. The van der Waals surface area contributed by atoms with Gasteiger partial charge in [0.05, 0.1) is 24.2 Å². The summed E-state index contributed by atoms with van der Waals surface area (Å²) in [6.07, 6.45) is 8.83. The zero-order chi connectivity index (χ0) is 33.5. The van der Waals surface area contributed by atoms with Gasteiger partial charge < -0.3 is 19.3 Å². The molecule has 3 aliphatic rings. The third-order valence-electron chi connectivity index (χ3n) is 10.9. The van der Waals surface area contributed by atoms with Gasteiger partial charge in [-0.15, -0.1) is 0 Å². The van der Waals surface area contributed by atoms with Crippen molar-refractivity contribution in [2.24, 2.45) is 23.7 Å². The van der Waals surface area contributed by atoms with Crippen LogP contribution < -0.4 is 14.4 Å². The predicted octanol–water partition coefficient (Wildman–Crippen LogP) is 7.49. The van der Waals surface area contributed by atoms with Gasteiger partial charge in [-0.05, 0) is 125 Å². The molecule has 0 saturated heterocycles. The first-order valence-electron chi connectivity index (χ1n) is 17.9. The minimum atomic E-state index is -1.48. The number of carbonyl (C=O) groups is 1. The Morgan fingerprint density at radius 2 is 1.91 bits per heavy atom. The highest BCUT2D eigenvalue weighted by Crippen LogP contribution is 2.45. The first-order valence-corrected chi connectivity index (χ1v) is 19.5. The number of nitrogens with one attached hydrogen (secondary N) is 1. The molecular formula is C38H56ClN3O4S. The van der Waals surface area contributed by atoms with Crippen LogP contribution in [0.5, 0.6) is 5.75 Å². The van der Waals surface area contributed by atoms with Gasteiger partial charge in [0.15, 0.2) is 0 Å². The summed E-state index contributed by atoms with van der Waals surface area (Å²) in [6.45, 7) is 11.1. The number of unbranched alkanes of at least 4 members (excludes halogenated alkanes) is 1. The third-order valence-corrected chi connectivity index (χ3v) is 12.7. The number of aryl methyl sites for hydroxylation is 1. The van der Waals surface area contributed by atoms with E-state index in [1.807, 2.05) is 31.2 Å². The van der Waals surface area contributed by atoms with Gasteiger partial charge in [0.25, 0.3) is 5.91 Å². The molecule has 7 unspecified atom stereocenters. The van der Waals surface area contributed by atoms with Crippen LogP contribution in [0.3, 0.4) is 0 Å². The monoisotopic (exact) mass is 685 g/mol. The Balaban J connectivity index is 1.48. The van der Waals surface area contributed by atoms with Crippen LogP contribution >= 0.6 is 11.6 Å². The van der Waals surface area contributed by atoms with E-state index in [0.29, 0.717) is 29.9 Å². The second kappa shape index (κ2) is 17.0. The second-order valence-electron chi connectivity index (χ2n) is 14.5. The van der Waals surface area contributed by atoms with Gasteiger partial charge in [-0.1, -0.05) is 44.4 Å². The number of halogens is 1. The Hall–Kier alpha value is -2.13. The minimum absolute atomic E-state index is 0.138. The molecule has 2 aromatic carbocycles. The molecular weight excluding hydrogens is 630 g/mol. The van der Waals surface area contributed by atoms with Gasteiger partial charge in [-0.25, -0.2) is 4.21 Å². The molecule has 9 heteroatoms. The van der Waals surface area contributed by atoms with Crippen LogP contribution in [0.15, 0.2) is 36.4 Å². The smallest absolute Gasteiger partial charge is 0.263 e. The number of carbonyl (C=O) groups excluding carboxylic acids is 1. The van der Waals surface area contributed by atoms with Gasteiger partial charge in [-0.2, -0.15) is 0 Å². The van der Waals surface area contributed by atoms with Crippen molar-refractivity contribution in [2.75, 3.05) is 58.5 Å². The van der Waals surface area contributed by atoms with Crippen molar-refractivity contribution in [3.8, 4) is 5.75 Å². The van der Waals surface area contributed by atoms with Crippen LogP contribution in [-0.2, 0) is 22.1 Å². The molecule has 2 aliphatic heterocycles. The number of likely N-dealkylation sites (N-methyl/N-ethyl adjacent to an activating group) is 1. The number of hydrogen-bond donors (Lipinski definition) is 1. The molecule has 0 radical (unpaired) electrons. The van der Waals surface area contributed by atoms with E-state index >= 15 is 0 Å². The fourth-order valence-electron chi connectivity index (χ4n) is 7.57. The van der Waals surface area contributed by atoms with E-state index in [0.717, 1.165) is 87.8 Å². The van der Waals surface area contributed by atoms with Crippen molar-refractivity contribution in [1.29, 1.82) is 0 Å². The van der Waals surface area contributed by atoms with Crippen LogP contribution in [-0.4, -0.2) is 73.8 Å². The van der Waals surface area contributed by atoms with E-state index in [4.69, 9.17) is 21.1 Å². The van der Waals surface area contributed by atoms with Gasteiger partial charge in [0.1, 0.15) is 16.7 Å². The zero-order valence-corrected chi connectivity index (χ0v) is 30.7. The van der Waals surface area contributed by atoms with E-state index in [1.54, 1.807) is 0 Å². The third kappa shape index (κ3) is 9.31. The Kier molecular flexibility index (Phi) is 13.1. The first kappa shape index (κ1) is 36.2. The fourth-order valence-corrected chi connectivity index (χ4v) is 8.81. The van der Waals surface area contributed by atoms with Gasteiger partial charge >= 0.3 is 0 Å². The zero-order valence-electron chi connectivity index (χ0n) is 29.1. The fraction of sp³-hybridized carbons (Fsp3) is 0.658. The number of rotatable bonds is 9. The van der Waals surface area contributed by atoms with Crippen molar-refractivity contribution in [3.05, 3.63) is 58.1 Å². The van der Waals surface area contributed by atoms with Crippen LogP contribution in [0.2, 0.25) is 5.02 Å². The number of anilines is 1. The lowest BCUT2D eigenvalue weighted by atomic mass is 9.65. The lowest BCUT2D eigenvalue weighted by Gasteiger charge is -2.45. The molecule has 2 heterocycles. The summed E-state index contributed by atoms with van der Waals surface area (Å²) >= 11 is 6.50. The van der Waals surface area contributed by atoms with E-state index in [9.17, 15) is 9.00 Å². The highest BCUT2D eigenvalue weighted by Gasteiger charge is 2.39. The van der Waals surface area contributed by atoms with Crippen LogP contribution in [0.1, 0.15) is 93.1 Å². The molecule has 0 aromatic heterocycles. The van der Waals surface area contributed by atoms with Crippen molar-refractivity contribution in [2.45, 2.75) is 83.3 Å². The van der Waals surface area contributed by atoms with E-state index in [2.05, 4.69) is 54.6 Å². The Morgan fingerprint density at radius 3 is 2.66 bits per heavy atom. The van der Waals surface area contributed by atoms with Crippen LogP contribution in [0, 0.1) is 23.7 Å². The maximum atomic E-state index is 13.5. The molecule has 260 valence electrons. The molecule has 2 bridgehead atoms. The number of ether oxygens (including phenoxy) is 2. The Labute approximate surface area is 290 Å². The van der Waals surface area contributed by atoms with Crippen LogP contribution in [0.25, 0.3) is 0 Å². The van der Waals surface area contributed by atoms with Crippen molar-refractivity contribution >= 4 is 34.2 Å². The standard InChI is InChI=1S/C38H56ClN3O4S/c1-6-7-10-28-20-33(39)14-16-34(28)32-23-42-22-30-12-15-35(30)31(24-45-19-18-41(4)5)11-8-9-26(2)27(3)47(44)40-38(43)29-13-17-37(46-25-32)36(42)21-29/h13-14,16-17,20-21,26-27,30-32,35H,6-12,15,18-19,22-25H2,1-5H3,(H,40,43). The SMILES string of the molecule is CCCCc1cc(Cl)ccc1C1COc2ccc3cc2N(C1)CC1CCC1C(COCCN(C)C)CCCC(C)C(C)S(=O)NC3=O. The molecule has 0 spiro atoms. The topological polar surface area (TPSA) is 71.1 Å². The summed E-state index contributed by atoms with van der Waals surface area (Å²) in [6, 6.07) is 12.0. The average Bonchev–Trinajstić information content (AvgIpc) is 3.21. The lowest BCUT2D eigenvalue weighted by molar-refractivity contribution is 0.0156. The van der Waals surface area contributed by atoms with E-state index in [1.165, 1.54) is 24.0 Å². The number of nitrogens with zero attached hydrogens (tertiary/aromatic N) is 2. The quantitative estimate of drug-likeness (QED) is 0.276. The minimum Gasteiger partial charge on any atom is -0.491 e. The summed E-state index contributed by atoms with van der Waals surface area (Å²) in [5.41, 5.74) is 4.07. The number of fused-ring (bicyclic) bond motifs is 2. The number of benzene rings is 2. The summed E-state index contributed by atoms with van der Waals surface area (Å²) in [7, 11) is 2.70. The molecule has 1 amide bonds. The first-order chi connectivity index (χ1) is 22.6. The molecule has 1 fully saturated rings. The molecule has 47 heavy (non-hydrogen) atoms. The summed E-state index contributed by atoms with van der Waals surface area (Å²) < 4.78 is 29.0. The molecule has 5 rings (SSSR count). The maximum absolute atomic E-state index is 13.5. The van der Waals surface area contributed by atoms with Crippen LogP contribution in [0.4, 0.5) is 5.69 Å². The average molecular weight is 686 g/mol. The highest BCUT2D eigenvalue weighted by molar-refractivity contribution is 7.84. The molecule has 2 aromatic rings. The summed E-state index contributed by atoms with van der Waals surface area (Å²) in [5, 5.41) is 0.636.